The molecule has 0 aliphatic carbocycles. The molecule has 1 N–H and O–H groups in total. The third-order valence-corrected chi connectivity index (χ3v) is 7.44. The van der Waals surface area contributed by atoms with Gasteiger partial charge in [0.05, 0.1) is 5.69 Å². The van der Waals surface area contributed by atoms with Gasteiger partial charge in [0.2, 0.25) is 11.9 Å². The molecule has 36 heavy (non-hydrogen) atoms. The van der Waals surface area contributed by atoms with Crippen molar-refractivity contribution in [3.8, 4) is 5.69 Å². The van der Waals surface area contributed by atoms with Crippen molar-refractivity contribution >= 4 is 46.0 Å². The first kappa shape index (κ1) is 22.7. The average molecular weight is 504 g/mol. The third-order valence-electron chi connectivity index (χ3n) is 6.77. The van der Waals surface area contributed by atoms with Crippen LogP contribution in [0.4, 0.5) is 17.6 Å². The number of imidazole rings is 1. The van der Waals surface area contributed by atoms with Crippen molar-refractivity contribution in [1.82, 2.24) is 29.4 Å². The number of anilines is 3. The van der Waals surface area contributed by atoms with Crippen molar-refractivity contribution in [3.63, 3.8) is 0 Å². The predicted molar refractivity (Wildman–Crippen MR) is 142 cm³/mol. The van der Waals surface area contributed by atoms with Crippen molar-refractivity contribution in [1.29, 1.82) is 0 Å². The molecule has 10 nitrogen and oxygen atoms in total. The molecule has 0 unspecified atom stereocenters. The van der Waals surface area contributed by atoms with Crippen LogP contribution >= 0.6 is 11.3 Å². The van der Waals surface area contributed by atoms with Crippen molar-refractivity contribution in [2.24, 2.45) is 0 Å². The van der Waals surface area contributed by atoms with Gasteiger partial charge in [-0.1, -0.05) is 6.07 Å². The first-order valence-electron chi connectivity index (χ1n) is 12.5. The summed E-state index contributed by atoms with van der Waals surface area (Å²) in [6.45, 7) is 5.69. The zero-order valence-corrected chi connectivity index (χ0v) is 20.9. The molecule has 0 bridgehead atoms. The van der Waals surface area contributed by atoms with Crippen LogP contribution in [0.15, 0.2) is 47.5 Å². The zero-order valence-electron chi connectivity index (χ0n) is 20.1. The second-order valence-electron chi connectivity index (χ2n) is 9.07. The molecule has 2 aliphatic heterocycles. The van der Waals surface area contributed by atoms with E-state index in [1.165, 1.54) is 0 Å². The molecule has 0 radical (unpaired) electrons. The number of pyridine rings is 1. The highest BCUT2D eigenvalue weighted by atomic mass is 32.1. The highest BCUT2D eigenvalue weighted by molar-refractivity contribution is 7.08. The molecule has 4 aromatic rings. The van der Waals surface area contributed by atoms with Crippen LogP contribution in [-0.4, -0.2) is 81.1 Å². The summed E-state index contributed by atoms with van der Waals surface area (Å²) in [6.07, 6.45) is 6.16. The van der Waals surface area contributed by atoms with Gasteiger partial charge in [0.15, 0.2) is 17.0 Å². The van der Waals surface area contributed by atoms with E-state index in [4.69, 9.17) is 9.97 Å². The SMILES string of the molecule is O=C1CCCN1CCCNc1nc(N2CCN(c3ccccn3)CC2)nc2c1ncn2-c1ccsc1. The lowest BCUT2D eigenvalue weighted by Crippen LogP contribution is -2.47. The second-order valence-corrected chi connectivity index (χ2v) is 9.85. The summed E-state index contributed by atoms with van der Waals surface area (Å²) >= 11 is 1.65. The zero-order chi connectivity index (χ0) is 24.3. The van der Waals surface area contributed by atoms with Crippen molar-refractivity contribution in [2.45, 2.75) is 19.3 Å². The van der Waals surface area contributed by atoms with Crippen molar-refractivity contribution < 1.29 is 4.79 Å². The second kappa shape index (κ2) is 10.1. The molecule has 1 amide bonds. The van der Waals surface area contributed by atoms with E-state index in [-0.39, 0.29) is 5.91 Å². The minimum Gasteiger partial charge on any atom is -0.368 e. The van der Waals surface area contributed by atoms with E-state index in [2.05, 4.69) is 48.0 Å². The van der Waals surface area contributed by atoms with E-state index >= 15 is 0 Å². The van der Waals surface area contributed by atoms with E-state index < -0.39 is 0 Å². The molecule has 0 atom stereocenters. The minimum absolute atomic E-state index is 0.265. The van der Waals surface area contributed by atoms with E-state index in [9.17, 15) is 4.79 Å². The van der Waals surface area contributed by atoms with Crippen LogP contribution in [0.3, 0.4) is 0 Å². The number of hydrogen-bond donors (Lipinski definition) is 1. The number of carbonyl (C=O) groups is 1. The maximum atomic E-state index is 11.9. The number of rotatable bonds is 8. The highest BCUT2D eigenvalue weighted by Crippen LogP contribution is 2.27. The summed E-state index contributed by atoms with van der Waals surface area (Å²) in [5, 5.41) is 7.64. The summed E-state index contributed by atoms with van der Waals surface area (Å²) in [5.41, 5.74) is 2.60. The first-order valence-corrected chi connectivity index (χ1v) is 13.4. The maximum absolute atomic E-state index is 11.9. The van der Waals surface area contributed by atoms with Gasteiger partial charge >= 0.3 is 0 Å². The molecule has 0 aromatic carbocycles. The standard InChI is InChI=1S/C25H29N9OS/c35-21-6-3-10-32(21)11-4-9-27-23-22-24(34(18-28-22)19-7-16-36-17-19)30-25(29-23)33-14-12-31(13-15-33)20-5-1-2-8-26-20/h1-2,5,7-8,16-18H,3-4,6,9-15H2,(H,27,29,30). The molecule has 2 saturated heterocycles. The Balaban J connectivity index is 1.22. The number of carbonyl (C=O) groups excluding carboxylic acids is 1. The van der Waals surface area contributed by atoms with E-state index in [1.807, 2.05) is 34.1 Å². The third kappa shape index (κ3) is 4.58. The monoisotopic (exact) mass is 503 g/mol. The molecule has 2 aliphatic rings. The van der Waals surface area contributed by atoms with E-state index in [0.717, 1.165) is 80.6 Å². The molecule has 186 valence electrons. The summed E-state index contributed by atoms with van der Waals surface area (Å²) < 4.78 is 2.02. The molecule has 4 aromatic heterocycles. The van der Waals surface area contributed by atoms with Crippen LogP contribution < -0.4 is 15.1 Å². The van der Waals surface area contributed by atoms with Gasteiger partial charge in [0.1, 0.15) is 12.1 Å². The number of piperazine rings is 1. The smallest absolute Gasteiger partial charge is 0.229 e. The van der Waals surface area contributed by atoms with Crippen LogP contribution in [-0.2, 0) is 4.79 Å². The molecular weight excluding hydrogens is 474 g/mol. The van der Waals surface area contributed by atoms with Crippen LogP contribution in [0.25, 0.3) is 16.9 Å². The Morgan fingerprint density at radius 2 is 1.89 bits per heavy atom. The minimum atomic E-state index is 0.265. The Hall–Kier alpha value is -3.73. The summed E-state index contributed by atoms with van der Waals surface area (Å²) in [6, 6.07) is 8.08. The molecule has 11 heteroatoms. The number of amides is 1. The number of thiophene rings is 1. The van der Waals surface area contributed by atoms with Crippen LogP contribution in [0.1, 0.15) is 19.3 Å². The Morgan fingerprint density at radius 3 is 2.64 bits per heavy atom. The van der Waals surface area contributed by atoms with E-state index in [1.54, 1.807) is 11.3 Å². The molecule has 0 saturated carbocycles. The number of aromatic nitrogens is 5. The average Bonchev–Trinajstić information content (AvgIpc) is 3.68. The van der Waals surface area contributed by atoms with Gasteiger partial charge in [-0.3, -0.25) is 9.36 Å². The molecule has 0 spiro atoms. The van der Waals surface area contributed by atoms with Crippen LogP contribution in [0.5, 0.6) is 0 Å². The van der Waals surface area contributed by atoms with Gasteiger partial charge in [0.25, 0.3) is 0 Å². The summed E-state index contributed by atoms with van der Waals surface area (Å²) in [7, 11) is 0. The summed E-state index contributed by atoms with van der Waals surface area (Å²) in [5.74, 6) is 2.71. The van der Waals surface area contributed by atoms with Gasteiger partial charge in [-0.05, 0) is 36.4 Å². The first-order chi connectivity index (χ1) is 17.8. The van der Waals surface area contributed by atoms with Crippen molar-refractivity contribution in [3.05, 3.63) is 47.5 Å². The van der Waals surface area contributed by atoms with Gasteiger partial charge in [-0.25, -0.2) is 9.97 Å². The fourth-order valence-electron chi connectivity index (χ4n) is 4.83. The number of nitrogens with zero attached hydrogens (tertiary/aromatic N) is 8. The fraction of sp³-hybridized carbons (Fsp3) is 0.400. The highest BCUT2D eigenvalue weighted by Gasteiger charge is 2.23. The van der Waals surface area contributed by atoms with Crippen molar-refractivity contribution in [2.75, 3.05) is 60.9 Å². The lowest BCUT2D eigenvalue weighted by Gasteiger charge is -2.35. The Labute approximate surface area is 213 Å². The molecule has 2 fully saturated rings. The Bertz CT molecular complexity index is 1320. The van der Waals surface area contributed by atoms with Crippen LogP contribution in [0, 0.1) is 0 Å². The van der Waals surface area contributed by atoms with Gasteiger partial charge in [-0.15, -0.1) is 0 Å². The van der Waals surface area contributed by atoms with Gasteiger partial charge in [-0.2, -0.15) is 21.3 Å². The van der Waals surface area contributed by atoms with Crippen LogP contribution in [0.2, 0.25) is 0 Å². The van der Waals surface area contributed by atoms with Gasteiger partial charge in [0, 0.05) is 63.8 Å². The topological polar surface area (TPSA) is 95.3 Å². The Morgan fingerprint density at radius 1 is 1.00 bits per heavy atom. The Kier molecular flexibility index (Phi) is 6.37. The molecule has 6 heterocycles. The largest absolute Gasteiger partial charge is 0.368 e. The quantitative estimate of drug-likeness (QED) is 0.367. The maximum Gasteiger partial charge on any atom is 0.229 e. The van der Waals surface area contributed by atoms with E-state index in [0.29, 0.717) is 18.9 Å². The number of likely N-dealkylation sites (tertiary alicyclic amines) is 1. The summed E-state index contributed by atoms with van der Waals surface area (Å²) in [4.78, 5) is 37.4. The number of nitrogens with one attached hydrogen (secondary N) is 1. The number of hydrogen-bond acceptors (Lipinski definition) is 9. The molecule has 6 rings (SSSR count). The predicted octanol–water partition coefficient (Wildman–Crippen LogP) is 3.02. The normalized spacial score (nSPS) is 16.3. The number of fused-ring (bicyclic) bond motifs is 1. The lowest BCUT2D eigenvalue weighted by molar-refractivity contribution is -0.127. The van der Waals surface area contributed by atoms with Gasteiger partial charge < -0.3 is 20.0 Å². The fourth-order valence-corrected chi connectivity index (χ4v) is 5.46. The lowest BCUT2D eigenvalue weighted by atomic mass is 10.3. The molecular formula is C25H29N9OS.